The molecule has 1 aromatic carbocycles. The molecule has 0 atom stereocenters. The van der Waals surface area contributed by atoms with Crippen molar-refractivity contribution in [3.05, 3.63) is 33.8 Å². The van der Waals surface area contributed by atoms with Crippen LogP contribution in [0.4, 0.5) is 0 Å². The first-order valence-corrected chi connectivity index (χ1v) is 4.51. The zero-order valence-corrected chi connectivity index (χ0v) is 8.56. The Morgan fingerprint density at radius 1 is 1.43 bits per heavy atom. The number of carbonyl (C=O) groups is 1. The zero-order chi connectivity index (χ0) is 10.6. The summed E-state index contributed by atoms with van der Waals surface area (Å²) in [5.41, 5.74) is 0.542. The molecule has 0 spiro atoms. The van der Waals surface area contributed by atoms with Gasteiger partial charge in [-0.3, -0.25) is 4.79 Å². The van der Waals surface area contributed by atoms with E-state index in [1.54, 1.807) is 18.2 Å². The van der Waals surface area contributed by atoms with Crippen molar-refractivity contribution >= 4 is 29.2 Å². The van der Waals surface area contributed by atoms with Crippen molar-refractivity contribution in [2.24, 2.45) is 0 Å². The molecule has 0 amide bonds. The number of hydrogen-bond acceptors (Lipinski definition) is 1. The normalized spacial score (nSPS) is 9.00. The van der Waals surface area contributed by atoms with E-state index in [4.69, 9.17) is 28.3 Å². The SMILES string of the molecule is O=C(O)CC#Cc1cccc(Cl)c1Cl. The Bertz CT molecular complexity index is 416. The summed E-state index contributed by atoms with van der Waals surface area (Å²) in [5.74, 6) is 4.15. The third-order valence-electron chi connectivity index (χ3n) is 1.41. The summed E-state index contributed by atoms with van der Waals surface area (Å²) in [7, 11) is 0. The topological polar surface area (TPSA) is 37.3 Å². The Labute approximate surface area is 91.5 Å². The summed E-state index contributed by atoms with van der Waals surface area (Å²) in [6, 6.07) is 5.04. The van der Waals surface area contributed by atoms with E-state index in [0.29, 0.717) is 15.6 Å². The fourth-order valence-electron chi connectivity index (χ4n) is 0.815. The summed E-state index contributed by atoms with van der Waals surface area (Å²) < 4.78 is 0. The molecule has 14 heavy (non-hydrogen) atoms. The number of halogens is 2. The van der Waals surface area contributed by atoms with Crippen LogP contribution in [0.1, 0.15) is 12.0 Å². The van der Waals surface area contributed by atoms with Crippen LogP contribution in [0.3, 0.4) is 0 Å². The predicted molar refractivity (Wildman–Crippen MR) is 55.6 cm³/mol. The van der Waals surface area contributed by atoms with Gasteiger partial charge in [0.05, 0.1) is 10.0 Å². The van der Waals surface area contributed by atoms with E-state index < -0.39 is 5.97 Å². The lowest BCUT2D eigenvalue weighted by Gasteiger charge is -1.96. The molecule has 1 aromatic rings. The van der Waals surface area contributed by atoms with Crippen LogP contribution in [0.15, 0.2) is 18.2 Å². The van der Waals surface area contributed by atoms with E-state index in [0.717, 1.165) is 0 Å². The van der Waals surface area contributed by atoms with Gasteiger partial charge in [0.1, 0.15) is 6.42 Å². The highest BCUT2D eigenvalue weighted by Gasteiger charge is 2.00. The largest absolute Gasteiger partial charge is 0.481 e. The molecule has 0 aliphatic heterocycles. The second kappa shape index (κ2) is 4.90. The Morgan fingerprint density at radius 3 is 2.79 bits per heavy atom. The highest BCUT2D eigenvalue weighted by molar-refractivity contribution is 6.42. The van der Waals surface area contributed by atoms with Gasteiger partial charge in [0, 0.05) is 5.56 Å². The van der Waals surface area contributed by atoms with Crippen molar-refractivity contribution in [2.75, 3.05) is 0 Å². The maximum atomic E-state index is 10.2. The first-order valence-electron chi connectivity index (χ1n) is 3.76. The highest BCUT2D eigenvalue weighted by Crippen LogP contribution is 2.24. The average Bonchev–Trinajstić information content (AvgIpc) is 2.12. The van der Waals surface area contributed by atoms with Gasteiger partial charge >= 0.3 is 5.97 Å². The molecule has 0 bridgehead atoms. The third kappa shape index (κ3) is 2.95. The zero-order valence-electron chi connectivity index (χ0n) is 7.05. The first kappa shape index (κ1) is 10.9. The lowest BCUT2D eigenvalue weighted by Crippen LogP contribution is -1.90. The molecule has 72 valence electrons. The lowest BCUT2D eigenvalue weighted by molar-refractivity contribution is -0.135. The van der Waals surface area contributed by atoms with Crippen molar-refractivity contribution in [3.8, 4) is 11.8 Å². The Morgan fingerprint density at radius 2 is 2.14 bits per heavy atom. The summed E-state index contributed by atoms with van der Waals surface area (Å²) >= 11 is 11.6. The quantitative estimate of drug-likeness (QED) is 0.751. The van der Waals surface area contributed by atoms with E-state index in [1.165, 1.54) is 0 Å². The molecule has 0 saturated carbocycles. The maximum absolute atomic E-state index is 10.2. The maximum Gasteiger partial charge on any atom is 0.315 e. The molecule has 0 aliphatic carbocycles. The van der Waals surface area contributed by atoms with Gasteiger partial charge in [-0.2, -0.15) is 0 Å². The fraction of sp³-hybridized carbons (Fsp3) is 0.100. The second-order valence-electron chi connectivity index (χ2n) is 2.47. The minimum absolute atomic E-state index is 0.206. The molecular weight excluding hydrogens is 223 g/mol. The number of carboxylic acid groups (broad SMARTS) is 1. The Hall–Kier alpha value is -1.17. The van der Waals surface area contributed by atoms with Crippen molar-refractivity contribution in [2.45, 2.75) is 6.42 Å². The fourth-order valence-corrected chi connectivity index (χ4v) is 1.16. The minimum atomic E-state index is -0.962. The second-order valence-corrected chi connectivity index (χ2v) is 3.26. The smallest absolute Gasteiger partial charge is 0.315 e. The van der Waals surface area contributed by atoms with Crippen molar-refractivity contribution in [3.63, 3.8) is 0 Å². The summed E-state index contributed by atoms with van der Waals surface area (Å²) in [4.78, 5) is 10.2. The molecule has 0 unspecified atom stereocenters. The number of aliphatic carboxylic acids is 1. The minimum Gasteiger partial charge on any atom is -0.481 e. The molecule has 0 radical (unpaired) electrons. The molecule has 0 aromatic heterocycles. The van der Waals surface area contributed by atoms with Crippen molar-refractivity contribution in [1.82, 2.24) is 0 Å². The highest BCUT2D eigenvalue weighted by atomic mass is 35.5. The van der Waals surface area contributed by atoms with Gasteiger partial charge in [0.2, 0.25) is 0 Å². The lowest BCUT2D eigenvalue weighted by atomic mass is 10.2. The van der Waals surface area contributed by atoms with Crippen LogP contribution in [0.5, 0.6) is 0 Å². The summed E-state index contributed by atoms with van der Waals surface area (Å²) in [6.07, 6.45) is -0.206. The standard InChI is InChI=1S/C10H6Cl2O2/c11-8-5-1-3-7(10(8)12)4-2-6-9(13)14/h1,3,5H,6H2,(H,13,14). The number of hydrogen-bond donors (Lipinski definition) is 1. The van der Waals surface area contributed by atoms with E-state index >= 15 is 0 Å². The van der Waals surface area contributed by atoms with Crippen LogP contribution in [0.2, 0.25) is 10.0 Å². The summed E-state index contributed by atoms with van der Waals surface area (Å²) in [5, 5.41) is 9.12. The van der Waals surface area contributed by atoms with Crippen molar-refractivity contribution < 1.29 is 9.90 Å². The first-order chi connectivity index (χ1) is 6.61. The van der Waals surface area contributed by atoms with Gasteiger partial charge in [-0.15, -0.1) is 0 Å². The third-order valence-corrected chi connectivity index (χ3v) is 2.23. The van der Waals surface area contributed by atoms with E-state index in [-0.39, 0.29) is 6.42 Å². The number of benzene rings is 1. The van der Waals surface area contributed by atoms with Crippen LogP contribution in [0.25, 0.3) is 0 Å². The summed E-state index contributed by atoms with van der Waals surface area (Å²) in [6.45, 7) is 0. The molecule has 0 heterocycles. The van der Waals surface area contributed by atoms with Gasteiger partial charge in [0.15, 0.2) is 0 Å². The van der Waals surface area contributed by atoms with Crippen LogP contribution >= 0.6 is 23.2 Å². The molecule has 1 rings (SSSR count). The number of rotatable bonds is 1. The van der Waals surface area contributed by atoms with Crippen molar-refractivity contribution in [1.29, 1.82) is 0 Å². The number of carboxylic acids is 1. The molecular formula is C10H6Cl2O2. The monoisotopic (exact) mass is 228 g/mol. The Balaban J connectivity index is 2.90. The van der Waals surface area contributed by atoms with Gasteiger partial charge in [-0.25, -0.2) is 0 Å². The molecule has 0 fully saturated rings. The Kier molecular flexibility index (Phi) is 3.82. The molecule has 0 aliphatic rings. The average molecular weight is 229 g/mol. The van der Waals surface area contributed by atoms with Gasteiger partial charge in [0.25, 0.3) is 0 Å². The molecule has 0 saturated heterocycles. The van der Waals surface area contributed by atoms with Crippen LogP contribution in [0, 0.1) is 11.8 Å². The van der Waals surface area contributed by atoms with E-state index in [9.17, 15) is 4.79 Å². The van der Waals surface area contributed by atoms with Gasteiger partial charge < -0.3 is 5.11 Å². The van der Waals surface area contributed by atoms with Crippen LogP contribution in [-0.4, -0.2) is 11.1 Å². The molecule has 2 nitrogen and oxygen atoms in total. The van der Waals surface area contributed by atoms with E-state index in [1.807, 2.05) is 0 Å². The van der Waals surface area contributed by atoms with Crippen LogP contribution < -0.4 is 0 Å². The van der Waals surface area contributed by atoms with Gasteiger partial charge in [-0.05, 0) is 12.1 Å². The molecule has 1 N–H and O–H groups in total. The van der Waals surface area contributed by atoms with Crippen LogP contribution in [-0.2, 0) is 4.79 Å². The predicted octanol–water partition coefficient (Wildman–Crippen LogP) is 2.82. The van der Waals surface area contributed by atoms with E-state index in [2.05, 4.69) is 11.8 Å². The molecule has 4 heteroatoms. The van der Waals surface area contributed by atoms with Gasteiger partial charge in [-0.1, -0.05) is 41.1 Å².